The van der Waals surface area contributed by atoms with Crippen molar-refractivity contribution in [2.45, 2.75) is 19.4 Å². The number of carbonyl (C=O) groups is 2. The third-order valence-electron chi connectivity index (χ3n) is 4.85. The van der Waals surface area contributed by atoms with Crippen LogP contribution in [0, 0.1) is 5.92 Å². The van der Waals surface area contributed by atoms with Crippen LogP contribution in [0.4, 0.5) is 0 Å². The van der Waals surface area contributed by atoms with Gasteiger partial charge in [-0.25, -0.2) is 0 Å². The van der Waals surface area contributed by atoms with Crippen molar-refractivity contribution in [3.8, 4) is 5.75 Å². The molecule has 0 aliphatic carbocycles. The zero-order valence-corrected chi connectivity index (χ0v) is 17.1. The Bertz CT molecular complexity index is 872. The molecule has 1 heterocycles. The van der Waals surface area contributed by atoms with Crippen molar-refractivity contribution < 1.29 is 14.3 Å². The van der Waals surface area contributed by atoms with Crippen LogP contribution in [-0.2, 0) is 22.6 Å². The SMILES string of the molecule is COc1ccccc1CN1CC(C(=O)NCCc2ccc(Cl)cc2Cl)CC1=O. The summed E-state index contributed by atoms with van der Waals surface area (Å²) in [5.41, 5.74) is 1.85. The molecule has 0 aromatic heterocycles. The van der Waals surface area contributed by atoms with Crippen LogP contribution in [0.2, 0.25) is 10.0 Å². The van der Waals surface area contributed by atoms with Gasteiger partial charge in [0.2, 0.25) is 11.8 Å². The van der Waals surface area contributed by atoms with Crippen molar-refractivity contribution in [1.29, 1.82) is 0 Å². The highest BCUT2D eigenvalue weighted by Crippen LogP contribution is 2.25. The normalized spacial score (nSPS) is 16.3. The van der Waals surface area contributed by atoms with Crippen molar-refractivity contribution in [3.05, 3.63) is 63.6 Å². The number of likely N-dealkylation sites (tertiary alicyclic amines) is 1. The zero-order valence-electron chi connectivity index (χ0n) is 15.6. The number of amides is 2. The summed E-state index contributed by atoms with van der Waals surface area (Å²) in [6, 6.07) is 12.9. The van der Waals surface area contributed by atoms with Crippen LogP contribution in [-0.4, -0.2) is 36.9 Å². The maximum Gasteiger partial charge on any atom is 0.225 e. The van der Waals surface area contributed by atoms with Gasteiger partial charge < -0.3 is 15.0 Å². The minimum absolute atomic E-state index is 0.0215. The lowest BCUT2D eigenvalue weighted by molar-refractivity contribution is -0.129. The molecule has 0 bridgehead atoms. The third kappa shape index (κ3) is 4.97. The quantitative estimate of drug-likeness (QED) is 0.742. The van der Waals surface area contributed by atoms with Gasteiger partial charge >= 0.3 is 0 Å². The molecule has 2 aromatic carbocycles. The molecule has 2 aromatic rings. The van der Waals surface area contributed by atoms with Gasteiger partial charge in [-0.15, -0.1) is 0 Å². The summed E-state index contributed by atoms with van der Waals surface area (Å²) in [6.45, 7) is 1.30. The van der Waals surface area contributed by atoms with Crippen LogP contribution in [0.5, 0.6) is 5.75 Å². The number of ether oxygens (including phenoxy) is 1. The fraction of sp³-hybridized carbons (Fsp3) is 0.333. The lowest BCUT2D eigenvalue weighted by atomic mass is 10.1. The topological polar surface area (TPSA) is 58.6 Å². The van der Waals surface area contributed by atoms with Crippen molar-refractivity contribution in [1.82, 2.24) is 10.2 Å². The lowest BCUT2D eigenvalue weighted by Gasteiger charge is -2.18. The summed E-state index contributed by atoms with van der Waals surface area (Å²) in [7, 11) is 1.60. The van der Waals surface area contributed by atoms with Gasteiger partial charge in [0, 0.05) is 41.7 Å². The number of rotatable bonds is 7. The van der Waals surface area contributed by atoms with Crippen molar-refractivity contribution in [3.63, 3.8) is 0 Å². The highest BCUT2D eigenvalue weighted by molar-refractivity contribution is 6.35. The molecule has 1 saturated heterocycles. The first-order valence-corrected chi connectivity index (χ1v) is 9.85. The fourth-order valence-corrected chi connectivity index (χ4v) is 3.83. The summed E-state index contributed by atoms with van der Waals surface area (Å²) in [5, 5.41) is 4.07. The van der Waals surface area contributed by atoms with Gasteiger partial charge in [0.15, 0.2) is 0 Å². The van der Waals surface area contributed by atoms with E-state index in [1.807, 2.05) is 30.3 Å². The van der Waals surface area contributed by atoms with E-state index in [0.29, 0.717) is 36.1 Å². The van der Waals surface area contributed by atoms with E-state index in [1.54, 1.807) is 24.1 Å². The molecular formula is C21H22Cl2N2O3. The Morgan fingerprint density at radius 2 is 2.00 bits per heavy atom. The van der Waals surface area contributed by atoms with Crippen LogP contribution in [0.15, 0.2) is 42.5 Å². The molecule has 1 unspecified atom stereocenters. The maximum absolute atomic E-state index is 12.5. The predicted molar refractivity (Wildman–Crippen MR) is 110 cm³/mol. The number of methoxy groups -OCH3 is 1. The van der Waals surface area contributed by atoms with Crippen LogP contribution in [0.1, 0.15) is 17.5 Å². The molecule has 2 amide bonds. The highest BCUT2D eigenvalue weighted by atomic mass is 35.5. The number of hydrogen-bond acceptors (Lipinski definition) is 3. The van der Waals surface area contributed by atoms with Crippen LogP contribution < -0.4 is 10.1 Å². The molecule has 1 N–H and O–H groups in total. The van der Waals surface area contributed by atoms with E-state index in [0.717, 1.165) is 16.9 Å². The van der Waals surface area contributed by atoms with E-state index in [9.17, 15) is 9.59 Å². The van der Waals surface area contributed by atoms with Crippen molar-refractivity contribution in [2.75, 3.05) is 20.2 Å². The number of nitrogens with zero attached hydrogens (tertiary/aromatic N) is 1. The summed E-state index contributed by atoms with van der Waals surface area (Å²) in [5.74, 6) is 0.263. The number of hydrogen-bond donors (Lipinski definition) is 1. The Hall–Kier alpha value is -2.24. The molecule has 28 heavy (non-hydrogen) atoms. The molecule has 0 saturated carbocycles. The monoisotopic (exact) mass is 420 g/mol. The Labute approximate surface area is 174 Å². The van der Waals surface area contributed by atoms with Gasteiger partial charge in [-0.3, -0.25) is 9.59 Å². The first-order valence-electron chi connectivity index (χ1n) is 9.09. The molecule has 1 aliphatic rings. The van der Waals surface area contributed by atoms with Crippen molar-refractivity contribution in [2.24, 2.45) is 5.92 Å². The maximum atomic E-state index is 12.5. The molecule has 148 valence electrons. The molecular weight excluding hydrogens is 399 g/mol. The van der Waals surface area contributed by atoms with Gasteiger partial charge in [-0.1, -0.05) is 47.5 Å². The minimum Gasteiger partial charge on any atom is -0.496 e. The lowest BCUT2D eigenvalue weighted by Crippen LogP contribution is -2.34. The number of benzene rings is 2. The smallest absolute Gasteiger partial charge is 0.225 e. The number of nitrogens with one attached hydrogen (secondary N) is 1. The van der Waals surface area contributed by atoms with Gasteiger partial charge in [-0.05, 0) is 30.2 Å². The summed E-state index contributed by atoms with van der Waals surface area (Å²) in [4.78, 5) is 26.5. The second-order valence-electron chi connectivity index (χ2n) is 6.76. The molecule has 0 radical (unpaired) electrons. The first kappa shape index (κ1) is 20.5. The fourth-order valence-electron chi connectivity index (χ4n) is 3.33. The number of carbonyl (C=O) groups excluding carboxylic acids is 2. The van der Waals surface area contributed by atoms with E-state index >= 15 is 0 Å². The van der Waals surface area contributed by atoms with E-state index in [4.69, 9.17) is 27.9 Å². The average molecular weight is 421 g/mol. The summed E-state index contributed by atoms with van der Waals surface area (Å²) < 4.78 is 5.34. The van der Waals surface area contributed by atoms with Crippen molar-refractivity contribution >= 4 is 35.0 Å². The first-order chi connectivity index (χ1) is 13.5. The molecule has 1 aliphatic heterocycles. The van der Waals surface area contributed by atoms with Gasteiger partial charge in [0.05, 0.1) is 13.0 Å². The van der Waals surface area contributed by atoms with E-state index in [2.05, 4.69) is 5.32 Å². The predicted octanol–water partition coefficient (Wildman–Crippen LogP) is 3.71. The van der Waals surface area contributed by atoms with Crippen LogP contribution in [0.3, 0.4) is 0 Å². The zero-order chi connectivity index (χ0) is 20.1. The number of para-hydroxylation sites is 1. The van der Waals surface area contributed by atoms with Gasteiger partial charge in [0.25, 0.3) is 0 Å². The van der Waals surface area contributed by atoms with E-state index < -0.39 is 0 Å². The Balaban J connectivity index is 1.52. The largest absolute Gasteiger partial charge is 0.496 e. The molecule has 5 nitrogen and oxygen atoms in total. The van der Waals surface area contributed by atoms with E-state index in [-0.39, 0.29) is 24.2 Å². The van der Waals surface area contributed by atoms with Gasteiger partial charge in [-0.2, -0.15) is 0 Å². The molecule has 0 spiro atoms. The standard InChI is InChI=1S/C21H22Cl2N2O3/c1-28-19-5-3-2-4-15(19)12-25-13-16(10-20(25)26)21(27)24-9-8-14-6-7-17(22)11-18(14)23/h2-7,11,16H,8-10,12-13H2,1H3,(H,24,27). The average Bonchev–Trinajstić information content (AvgIpc) is 3.04. The van der Waals surface area contributed by atoms with Crippen LogP contribution in [0.25, 0.3) is 0 Å². The van der Waals surface area contributed by atoms with E-state index in [1.165, 1.54) is 0 Å². The minimum atomic E-state index is -0.345. The highest BCUT2D eigenvalue weighted by Gasteiger charge is 2.34. The Kier molecular flexibility index (Phi) is 6.81. The summed E-state index contributed by atoms with van der Waals surface area (Å²) in [6.07, 6.45) is 0.829. The Morgan fingerprint density at radius 3 is 2.75 bits per heavy atom. The van der Waals surface area contributed by atoms with Crippen LogP contribution >= 0.6 is 23.2 Å². The Morgan fingerprint density at radius 1 is 1.21 bits per heavy atom. The van der Waals surface area contributed by atoms with Gasteiger partial charge in [0.1, 0.15) is 5.75 Å². The second kappa shape index (κ2) is 9.30. The summed E-state index contributed by atoms with van der Waals surface area (Å²) >= 11 is 12.0. The molecule has 1 fully saturated rings. The molecule has 3 rings (SSSR count). The third-order valence-corrected chi connectivity index (χ3v) is 5.43. The second-order valence-corrected chi connectivity index (χ2v) is 7.61. The molecule has 1 atom stereocenters. The molecule has 7 heteroatoms. The number of halogens is 2.